The Bertz CT molecular complexity index is 641. The summed E-state index contributed by atoms with van der Waals surface area (Å²) in [6.07, 6.45) is 3.07. The van der Waals surface area contributed by atoms with Gasteiger partial charge in [0, 0.05) is 12.1 Å². The van der Waals surface area contributed by atoms with Crippen LogP contribution in [0, 0.1) is 0 Å². The van der Waals surface area contributed by atoms with Crippen molar-refractivity contribution in [2.45, 2.75) is 37.2 Å². The Morgan fingerprint density at radius 2 is 2.13 bits per heavy atom. The molecule has 1 atom stereocenters. The predicted octanol–water partition coefficient (Wildman–Crippen LogP) is 1.03. The number of piperidine rings is 1. The monoisotopic (exact) mass is 318 g/mol. The first-order valence-corrected chi connectivity index (χ1v) is 7.94. The van der Waals surface area contributed by atoms with E-state index in [-0.39, 0.29) is 12.5 Å². The Morgan fingerprint density at radius 3 is 2.74 bits per heavy atom. The third-order valence-electron chi connectivity index (χ3n) is 4.71. The van der Waals surface area contributed by atoms with Gasteiger partial charge < -0.3 is 20.5 Å². The highest BCUT2D eigenvalue weighted by molar-refractivity contribution is 5.95. The van der Waals surface area contributed by atoms with E-state index in [4.69, 9.17) is 10.5 Å². The van der Waals surface area contributed by atoms with Crippen molar-refractivity contribution >= 4 is 11.8 Å². The number of carbonyl (C=O) groups is 2. The lowest BCUT2D eigenvalue weighted by molar-refractivity contribution is -0.140. The van der Waals surface area contributed by atoms with Gasteiger partial charge in [-0.05, 0) is 55.4 Å². The van der Waals surface area contributed by atoms with Crippen molar-refractivity contribution in [1.29, 1.82) is 0 Å². The molecule has 2 fully saturated rings. The number of β-amino-alcohol motifs (C(OH)–C–C–N with tert-alkyl or cyclic N) is 1. The molecule has 1 heterocycles. The van der Waals surface area contributed by atoms with Gasteiger partial charge in [0.25, 0.3) is 11.8 Å². The average molecular weight is 318 g/mol. The normalized spacial score (nSPS) is 24.3. The molecule has 1 aliphatic carbocycles. The zero-order valence-corrected chi connectivity index (χ0v) is 13.2. The van der Waals surface area contributed by atoms with Crippen molar-refractivity contribution in [3.05, 3.63) is 29.3 Å². The molecule has 6 nitrogen and oxygen atoms in total. The number of carbonyl (C=O) groups excluding carboxylic acids is 2. The number of rotatable bonds is 4. The molecular weight excluding hydrogens is 296 g/mol. The van der Waals surface area contributed by atoms with Crippen molar-refractivity contribution in [2.75, 3.05) is 20.2 Å². The predicted molar refractivity (Wildman–Crippen MR) is 84.3 cm³/mol. The Hall–Kier alpha value is -2.08. The Labute approximate surface area is 135 Å². The van der Waals surface area contributed by atoms with Crippen LogP contribution in [0.25, 0.3) is 0 Å². The molecule has 0 aromatic heterocycles. The van der Waals surface area contributed by atoms with E-state index in [0.29, 0.717) is 30.9 Å². The molecule has 0 unspecified atom stereocenters. The number of aliphatic hydroxyl groups is 1. The van der Waals surface area contributed by atoms with Crippen LogP contribution in [0.4, 0.5) is 0 Å². The van der Waals surface area contributed by atoms with Crippen molar-refractivity contribution in [2.24, 2.45) is 5.73 Å². The molecule has 6 heteroatoms. The topological polar surface area (TPSA) is 92.9 Å². The third kappa shape index (κ3) is 3.03. The quantitative estimate of drug-likeness (QED) is 0.867. The number of ether oxygens (including phenoxy) is 1. The van der Waals surface area contributed by atoms with Gasteiger partial charge in [0.15, 0.2) is 5.60 Å². The fraction of sp³-hybridized carbons (Fsp3) is 0.529. The highest BCUT2D eigenvalue weighted by Crippen LogP contribution is 2.44. The highest BCUT2D eigenvalue weighted by atomic mass is 16.5. The molecule has 1 aromatic rings. The molecule has 0 radical (unpaired) electrons. The maximum atomic E-state index is 12.7. The smallest absolute Gasteiger partial charge is 0.253 e. The van der Waals surface area contributed by atoms with Crippen LogP contribution in [-0.2, 0) is 4.79 Å². The summed E-state index contributed by atoms with van der Waals surface area (Å²) in [6.45, 7) is 0.463. The number of hydrogen-bond donors (Lipinski definition) is 2. The number of hydrogen-bond acceptors (Lipinski definition) is 4. The molecule has 23 heavy (non-hydrogen) atoms. The van der Waals surface area contributed by atoms with E-state index in [1.807, 2.05) is 12.1 Å². The molecular formula is C17H22N2O4. The number of likely N-dealkylation sites (tertiary alicyclic amines) is 1. The molecule has 2 aliphatic rings. The summed E-state index contributed by atoms with van der Waals surface area (Å²) in [5, 5.41) is 10.3. The summed E-state index contributed by atoms with van der Waals surface area (Å²) in [6, 6.07) is 5.41. The van der Waals surface area contributed by atoms with Gasteiger partial charge in [-0.15, -0.1) is 0 Å². The lowest BCUT2D eigenvalue weighted by Gasteiger charge is -2.37. The highest BCUT2D eigenvalue weighted by Gasteiger charge is 2.40. The number of primary amides is 1. The first-order valence-electron chi connectivity index (χ1n) is 7.94. The van der Waals surface area contributed by atoms with Gasteiger partial charge >= 0.3 is 0 Å². The lowest BCUT2D eigenvalue weighted by atomic mass is 9.91. The Kier molecular flexibility index (Phi) is 4.02. The zero-order chi connectivity index (χ0) is 16.6. The van der Waals surface area contributed by atoms with Crippen LogP contribution in [-0.4, -0.2) is 47.6 Å². The number of amides is 2. The number of benzene rings is 1. The van der Waals surface area contributed by atoms with Crippen LogP contribution in [0.5, 0.6) is 5.75 Å². The van der Waals surface area contributed by atoms with Crippen molar-refractivity contribution in [3.8, 4) is 5.75 Å². The van der Waals surface area contributed by atoms with Gasteiger partial charge in [-0.25, -0.2) is 0 Å². The van der Waals surface area contributed by atoms with Crippen LogP contribution in [0.15, 0.2) is 18.2 Å². The fourth-order valence-corrected chi connectivity index (χ4v) is 3.17. The zero-order valence-electron chi connectivity index (χ0n) is 13.2. The second-order valence-corrected chi connectivity index (χ2v) is 6.46. The molecule has 1 saturated heterocycles. The molecule has 1 aromatic carbocycles. The molecule has 1 aliphatic heterocycles. The van der Waals surface area contributed by atoms with Crippen LogP contribution in [0.2, 0.25) is 0 Å². The van der Waals surface area contributed by atoms with Gasteiger partial charge in [-0.3, -0.25) is 9.59 Å². The van der Waals surface area contributed by atoms with E-state index in [2.05, 4.69) is 0 Å². The maximum absolute atomic E-state index is 12.7. The minimum Gasteiger partial charge on any atom is -0.496 e. The van der Waals surface area contributed by atoms with Gasteiger partial charge in [0.1, 0.15) is 5.75 Å². The molecule has 124 valence electrons. The molecule has 1 saturated carbocycles. The fourth-order valence-electron chi connectivity index (χ4n) is 3.17. The Balaban J connectivity index is 1.82. The third-order valence-corrected chi connectivity index (χ3v) is 4.71. The average Bonchev–Trinajstić information content (AvgIpc) is 3.38. The van der Waals surface area contributed by atoms with Crippen LogP contribution in [0.1, 0.15) is 47.5 Å². The van der Waals surface area contributed by atoms with Crippen molar-refractivity contribution in [3.63, 3.8) is 0 Å². The van der Waals surface area contributed by atoms with Gasteiger partial charge in [-0.1, -0.05) is 0 Å². The van der Waals surface area contributed by atoms with E-state index in [0.717, 1.165) is 24.2 Å². The van der Waals surface area contributed by atoms with E-state index in [1.165, 1.54) is 4.90 Å². The molecule has 3 rings (SSSR count). The number of nitrogens with zero attached hydrogens (tertiary/aromatic N) is 1. The standard InChI is InChI=1S/C17H22N2O4/c1-23-14-6-5-12(9-13(14)11-3-4-11)15(20)19-8-2-7-17(22,10-19)16(18)21/h5-6,9,11,22H,2-4,7-8,10H2,1H3,(H2,18,21)/t17-/m0/s1. The molecule has 2 amide bonds. The van der Waals surface area contributed by atoms with Crippen LogP contribution >= 0.6 is 0 Å². The van der Waals surface area contributed by atoms with Gasteiger partial charge in [0.05, 0.1) is 13.7 Å². The van der Waals surface area contributed by atoms with Crippen molar-refractivity contribution < 1.29 is 19.4 Å². The first-order chi connectivity index (χ1) is 10.9. The summed E-state index contributed by atoms with van der Waals surface area (Å²) in [4.78, 5) is 25.7. The molecule has 3 N–H and O–H groups in total. The lowest BCUT2D eigenvalue weighted by Crippen LogP contribution is -2.57. The number of nitrogens with two attached hydrogens (primary N) is 1. The summed E-state index contributed by atoms with van der Waals surface area (Å²) in [5.74, 6) is 0.301. The van der Waals surface area contributed by atoms with Crippen LogP contribution in [0.3, 0.4) is 0 Å². The SMILES string of the molecule is COc1ccc(C(=O)N2CCC[C@@](O)(C(N)=O)C2)cc1C1CC1. The van der Waals surface area contributed by atoms with Crippen LogP contribution < -0.4 is 10.5 Å². The van der Waals surface area contributed by atoms with E-state index in [9.17, 15) is 14.7 Å². The van der Waals surface area contributed by atoms with E-state index in [1.54, 1.807) is 13.2 Å². The summed E-state index contributed by atoms with van der Waals surface area (Å²) < 4.78 is 5.37. The first kappa shape index (κ1) is 15.8. The van der Waals surface area contributed by atoms with E-state index < -0.39 is 11.5 Å². The maximum Gasteiger partial charge on any atom is 0.253 e. The molecule has 0 spiro atoms. The van der Waals surface area contributed by atoms with Crippen molar-refractivity contribution in [1.82, 2.24) is 4.90 Å². The number of methoxy groups -OCH3 is 1. The molecule has 0 bridgehead atoms. The summed E-state index contributed by atoms with van der Waals surface area (Å²) >= 11 is 0. The second kappa shape index (κ2) is 5.85. The summed E-state index contributed by atoms with van der Waals surface area (Å²) in [7, 11) is 1.63. The van der Waals surface area contributed by atoms with Gasteiger partial charge in [-0.2, -0.15) is 0 Å². The summed E-state index contributed by atoms with van der Waals surface area (Å²) in [5.41, 5.74) is 5.26. The van der Waals surface area contributed by atoms with Gasteiger partial charge in [0.2, 0.25) is 0 Å². The Morgan fingerprint density at radius 1 is 1.39 bits per heavy atom. The second-order valence-electron chi connectivity index (χ2n) is 6.46. The van der Waals surface area contributed by atoms with E-state index >= 15 is 0 Å². The minimum atomic E-state index is -1.63. The minimum absolute atomic E-state index is 0.0496. The largest absolute Gasteiger partial charge is 0.496 e.